The van der Waals surface area contributed by atoms with Gasteiger partial charge in [0.1, 0.15) is 10.6 Å². The highest BCUT2D eigenvalue weighted by Gasteiger charge is 2.31. The summed E-state index contributed by atoms with van der Waals surface area (Å²) in [6.07, 6.45) is 0.720. The smallest absolute Gasteiger partial charge is 0.259 e. The van der Waals surface area contributed by atoms with E-state index in [1.54, 1.807) is 24.8 Å². The quantitative estimate of drug-likeness (QED) is 0.531. The number of amides is 1. The van der Waals surface area contributed by atoms with E-state index >= 15 is 0 Å². The van der Waals surface area contributed by atoms with Crippen LogP contribution < -0.4 is 14.5 Å². The first-order chi connectivity index (χ1) is 16.3. The molecule has 2 heterocycles. The summed E-state index contributed by atoms with van der Waals surface area (Å²) in [4.78, 5) is 26.8. The molecule has 0 saturated carbocycles. The second-order valence-corrected chi connectivity index (χ2v) is 9.95. The third-order valence-electron chi connectivity index (χ3n) is 6.01. The summed E-state index contributed by atoms with van der Waals surface area (Å²) in [5, 5.41) is 0. The zero-order chi connectivity index (χ0) is 24.5. The molecule has 10 heteroatoms. The maximum Gasteiger partial charge on any atom is 0.259 e. The van der Waals surface area contributed by atoms with Gasteiger partial charge in [-0.3, -0.25) is 9.69 Å². The van der Waals surface area contributed by atoms with Gasteiger partial charge in [0.2, 0.25) is 10.0 Å². The summed E-state index contributed by atoms with van der Waals surface area (Å²) >= 11 is 0. The Balaban J connectivity index is 1.82. The van der Waals surface area contributed by atoms with Gasteiger partial charge in [0.25, 0.3) is 5.91 Å². The highest BCUT2D eigenvalue weighted by atomic mass is 32.2. The molecule has 0 radical (unpaired) electrons. The van der Waals surface area contributed by atoms with Crippen LogP contribution in [-0.4, -0.2) is 68.9 Å². The summed E-state index contributed by atoms with van der Waals surface area (Å²) in [6, 6.07) is 12.0. The molecule has 1 amide bonds. The van der Waals surface area contributed by atoms with Gasteiger partial charge in [0.05, 0.1) is 18.1 Å². The predicted molar refractivity (Wildman–Crippen MR) is 132 cm³/mol. The van der Waals surface area contributed by atoms with Crippen LogP contribution in [0.25, 0.3) is 11.0 Å². The van der Waals surface area contributed by atoms with Crippen molar-refractivity contribution < 1.29 is 17.9 Å². The Morgan fingerprint density at radius 1 is 1.03 bits per heavy atom. The molecule has 1 aromatic heterocycles. The lowest BCUT2D eigenvalue weighted by Gasteiger charge is -2.24. The molecule has 0 atom stereocenters. The normalized spacial score (nSPS) is 14.3. The second kappa shape index (κ2) is 9.55. The average Bonchev–Trinajstić information content (AvgIpc) is 3.00. The molecule has 0 fully saturated rings. The van der Waals surface area contributed by atoms with Gasteiger partial charge in [-0.1, -0.05) is 26.0 Å². The lowest BCUT2D eigenvalue weighted by molar-refractivity contribution is 0.0986. The summed E-state index contributed by atoms with van der Waals surface area (Å²) in [7, 11) is -0.489. The van der Waals surface area contributed by atoms with Crippen molar-refractivity contribution in [3.05, 3.63) is 48.0 Å². The van der Waals surface area contributed by atoms with Crippen molar-refractivity contribution in [1.29, 1.82) is 0 Å². The van der Waals surface area contributed by atoms with E-state index in [-0.39, 0.29) is 22.1 Å². The van der Waals surface area contributed by atoms with Crippen molar-refractivity contribution >= 4 is 38.6 Å². The number of fused-ring (bicyclic) bond motifs is 2. The van der Waals surface area contributed by atoms with Crippen LogP contribution in [0.4, 0.5) is 11.6 Å². The van der Waals surface area contributed by atoms with Gasteiger partial charge in [0, 0.05) is 38.8 Å². The number of methoxy groups -OCH3 is 1. The fourth-order valence-electron chi connectivity index (χ4n) is 4.16. The molecule has 4 rings (SSSR count). The molecule has 0 aliphatic carbocycles. The number of benzene rings is 2. The highest BCUT2D eigenvalue weighted by molar-refractivity contribution is 7.89. The number of nitrogens with zero attached hydrogens (tertiary/aromatic N) is 5. The van der Waals surface area contributed by atoms with E-state index in [1.807, 2.05) is 36.2 Å². The Bertz CT molecular complexity index is 1320. The van der Waals surface area contributed by atoms with E-state index < -0.39 is 10.0 Å². The number of aromatic nitrogens is 2. The minimum atomic E-state index is -3.83. The van der Waals surface area contributed by atoms with Crippen LogP contribution in [0.3, 0.4) is 0 Å². The molecule has 34 heavy (non-hydrogen) atoms. The van der Waals surface area contributed by atoms with Crippen LogP contribution in [0.15, 0.2) is 47.4 Å². The minimum Gasteiger partial charge on any atom is -0.495 e. The molecule has 0 N–H and O–H groups in total. The van der Waals surface area contributed by atoms with Gasteiger partial charge < -0.3 is 9.64 Å². The van der Waals surface area contributed by atoms with Crippen molar-refractivity contribution in [3.8, 4) is 5.75 Å². The van der Waals surface area contributed by atoms with Gasteiger partial charge in [0.15, 0.2) is 11.6 Å². The van der Waals surface area contributed by atoms with Crippen LogP contribution in [-0.2, 0) is 10.0 Å². The lowest BCUT2D eigenvalue weighted by atomic mass is 10.2. The van der Waals surface area contributed by atoms with Crippen LogP contribution in [0.5, 0.6) is 5.75 Å². The Morgan fingerprint density at radius 2 is 1.68 bits per heavy atom. The van der Waals surface area contributed by atoms with Crippen LogP contribution >= 0.6 is 0 Å². The Hall–Kier alpha value is -3.24. The number of hydrogen-bond donors (Lipinski definition) is 0. The molecule has 0 saturated heterocycles. The summed E-state index contributed by atoms with van der Waals surface area (Å²) < 4.78 is 33.2. The van der Waals surface area contributed by atoms with Crippen molar-refractivity contribution in [1.82, 2.24) is 14.3 Å². The van der Waals surface area contributed by atoms with E-state index in [2.05, 4.69) is 0 Å². The number of anilines is 2. The number of carbonyl (C=O) groups is 1. The number of hydrogen-bond acceptors (Lipinski definition) is 7. The zero-order valence-electron chi connectivity index (χ0n) is 19.9. The first-order valence-electron chi connectivity index (χ1n) is 11.3. The van der Waals surface area contributed by atoms with Crippen molar-refractivity contribution in [2.45, 2.75) is 25.2 Å². The van der Waals surface area contributed by atoms with Crippen molar-refractivity contribution in [2.75, 3.05) is 50.1 Å². The van der Waals surface area contributed by atoms with Crippen molar-refractivity contribution in [3.63, 3.8) is 0 Å². The van der Waals surface area contributed by atoms with Gasteiger partial charge in [-0.25, -0.2) is 18.4 Å². The number of carbonyl (C=O) groups excluding carboxylic acids is 1. The molecule has 9 nitrogen and oxygen atoms in total. The molecule has 1 aliphatic rings. The maximum absolute atomic E-state index is 13.7. The molecule has 0 unspecified atom stereocenters. The minimum absolute atomic E-state index is 0.0266. The molecule has 2 aromatic carbocycles. The first-order valence-corrected chi connectivity index (χ1v) is 12.7. The van der Waals surface area contributed by atoms with Gasteiger partial charge >= 0.3 is 0 Å². The van der Waals surface area contributed by atoms with Gasteiger partial charge in [-0.2, -0.15) is 4.31 Å². The number of ether oxygens (including phenoxy) is 1. The Kier molecular flexibility index (Phi) is 6.72. The molecule has 1 aliphatic heterocycles. The fourth-order valence-corrected chi connectivity index (χ4v) is 5.80. The zero-order valence-corrected chi connectivity index (χ0v) is 20.7. The number of rotatable bonds is 6. The third kappa shape index (κ3) is 4.19. The highest BCUT2D eigenvalue weighted by Crippen LogP contribution is 2.33. The van der Waals surface area contributed by atoms with Crippen LogP contribution in [0.1, 0.15) is 30.6 Å². The van der Waals surface area contributed by atoms with E-state index in [0.717, 1.165) is 11.9 Å². The summed E-state index contributed by atoms with van der Waals surface area (Å²) in [6.45, 7) is 5.33. The molecular formula is C24H29N5O4S. The SMILES string of the molecule is CCN(CC)S(=O)(=O)c1cc(C(=O)N2CCCN(C)c3nc4ccccc4nc32)ccc1OC. The monoisotopic (exact) mass is 483 g/mol. The number of sulfonamides is 1. The molecular weight excluding hydrogens is 454 g/mol. The largest absolute Gasteiger partial charge is 0.495 e. The Labute approximate surface area is 200 Å². The maximum atomic E-state index is 13.7. The van der Waals surface area contributed by atoms with E-state index in [1.165, 1.54) is 23.5 Å². The standard InChI is InChI=1S/C24H29N5O4S/c1-5-28(6-2)34(31,32)21-16-17(12-13-20(21)33-4)24(30)29-15-9-14-27(3)22-23(29)26-19-11-8-7-10-18(19)25-22/h7-8,10-13,16H,5-6,9,14-15H2,1-4H3. The molecule has 0 spiro atoms. The molecule has 3 aromatic rings. The number of para-hydroxylation sites is 2. The van der Waals surface area contributed by atoms with E-state index in [0.29, 0.717) is 43.3 Å². The summed E-state index contributed by atoms with van der Waals surface area (Å²) in [5.74, 6) is 0.951. The van der Waals surface area contributed by atoms with E-state index in [4.69, 9.17) is 14.7 Å². The lowest BCUT2D eigenvalue weighted by Crippen LogP contribution is -2.33. The first kappa shape index (κ1) is 23.9. The van der Waals surface area contributed by atoms with E-state index in [9.17, 15) is 13.2 Å². The molecule has 0 bridgehead atoms. The topological polar surface area (TPSA) is 95.9 Å². The predicted octanol–water partition coefficient (Wildman–Crippen LogP) is 3.16. The van der Waals surface area contributed by atoms with Crippen molar-refractivity contribution in [2.24, 2.45) is 0 Å². The Morgan fingerprint density at radius 3 is 2.29 bits per heavy atom. The average molecular weight is 484 g/mol. The van der Waals surface area contributed by atoms with Crippen LogP contribution in [0, 0.1) is 0 Å². The molecule has 180 valence electrons. The fraction of sp³-hybridized carbons (Fsp3) is 0.375. The summed E-state index contributed by atoms with van der Waals surface area (Å²) in [5.41, 5.74) is 1.69. The second-order valence-electron chi connectivity index (χ2n) is 8.05. The van der Waals surface area contributed by atoms with Crippen LogP contribution in [0.2, 0.25) is 0 Å². The van der Waals surface area contributed by atoms with Gasteiger partial charge in [-0.05, 0) is 36.8 Å². The van der Waals surface area contributed by atoms with Gasteiger partial charge in [-0.15, -0.1) is 0 Å². The third-order valence-corrected chi connectivity index (χ3v) is 8.08.